The van der Waals surface area contributed by atoms with Crippen molar-refractivity contribution in [3.63, 3.8) is 0 Å². The zero-order chi connectivity index (χ0) is 34.3. The molecule has 0 saturated carbocycles. The zero-order valence-electron chi connectivity index (χ0n) is 29.0. The van der Waals surface area contributed by atoms with Crippen LogP contribution in [-0.4, -0.2) is 65.7 Å². The number of fused-ring (bicyclic) bond motifs is 4. The molecule has 0 aliphatic carbocycles. The van der Waals surface area contributed by atoms with Gasteiger partial charge < -0.3 is 0 Å². The predicted molar refractivity (Wildman–Crippen MR) is 198 cm³/mol. The second-order valence-corrected chi connectivity index (χ2v) is 16.3. The van der Waals surface area contributed by atoms with E-state index in [2.05, 4.69) is 175 Å². The van der Waals surface area contributed by atoms with Crippen LogP contribution in [0, 0.1) is 32.0 Å². The van der Waals surface area contributed by atoms with E-state index in [0.717, 1.165) is 39.5 Å². The summed E-state index contributed by atoms with van der Waals surface area (Å²) in [6, 6.07) is 38.9. The number of rotatable bonds is 3. The molecule has 4 aliphatic rings. The van der Waals surface area contributed by atoms with Crippen LogP contribution in [0.2, 0.25) is 0 Å². The molecule has 4 bridgehead atoms. The van der Waals surface area contributed by atoms with E-state index in [0.29, 0.717) is 0 Å². The third kappa shape index (κ3) is 4.49. The Kier molecular flexibility index (Phi) is 7.17. The van der Waals surface area contributed by atoms with Crippen LogP contribution in [-0.2, 0) is 22.3 Å². The van der Waals surface area contributed by atoms with Gasteiger partial charge in [-0.05, 0) is 0 Å². The first-order chi connectivity index (χ1) is 24.3. The van der Waals surface area contributed by atoms with Crippen LogP contribution < -0.4 is 10.3 Å². The summed E-state index contributed by atoms with van der Waals surface area (Å²) in [5.41, 5.74) is 9.59. The zero-order valence-corrected chi connectivity index (χ0v) is 31.4. The Morgan fingerprint density at radius 1 is 0.780 bits per heavy atom. The summed E-state index contributed by atoms with van der Waals surface area (Å²) in [6.45, 7) is 6.68. The van der Waals surface area contributed by atoms with Gasteiger partial charge in [0.05, 0.1) is 0 Å². The molecule has 1 unspecified atom stereocenters. The van der Waals surface area contributed by atoms with Crippen molar-refractivity contribution in [2.75, 3.05) is 26.0 Å². The molecule has 0 saturated heterocycles. The van der Waals surface area contributed by atoms with E-state index in [1.54, 1.807) is 0 Å². The van der Waals surface area contributed by atoms with E-state index in [9.17, 15) is 0 Å². The molecular weight excluding hydrogens is 794 g/mol. The fourth-order valence-corrected chi connectivity index (χ4v) is 11.3. The van der Waals surface area contributed by atoms with Gasteiger partial charge in [-0.25, -0.2) is 0 Å². The molecule has 4 aliphatic heterocycles. The Hall–Kier alpha value is -4.98. The number of imidazole rings is 1. The van der Waals surface area contributed by atoms with Crippen LogP contribution >= 0.6 is 0 Å². The normalized spacial score (nSPS) is 20.7. The van der Waals surface area contributed by atoms with Crippen molar-refractivity contribution >= 4 is 26.7 Å². The quantitative estimate of drug-likeness (QED) is 0.181. The minimum atomic E-state index is -0.908. The fourth-order valence-electron chi connectivity index (χ4n) is 7.87. The molecule has 251 valence electrons. The molecule has 0 amide bonds. The van der Waals surface area contributed by atoms with Crippen molar-refractivity contribution in [2.24, 2.45) is 0 Å². The molecule has 2 atom stereocenters. The van der Waals surface area contributed by atoms with Crippen LogP contribution in [0.1, 0.15) is 46.5 Å². The van der Waals surface area contributed by atoms with E-state index in [1.807, 2.05) is 24.3 Å². The number of aryl methyl sites for hydroxylation is 2. The van der Waals surface area contributed by atoms with Crippen molar-refractivity contribution in [3.8, 4) is 11.4 Å². The average Bonchev–Trinajstić information content (AvgIpc) is 3.84. The van der Waals surface area contributed by atoms with Gasteiger partial charge in [0.25, 0.3) is 0 Å². The van der Waals surface area contributed by atoms with Gasteiger partial charge in [0.2, 0.25) is 0 Å². The van der Waals surface area contributed by atoms with Gasteiger partial charge in [-0.15, -0.1) is 0 Å². The molecule has 0 N–H and O–H groups in total. The van der Waals surface area contributed by atoms with Gasteiger partial charge in [0.15, 0.2) is 0 Å². The summed E-state index contributed by atoms with van der Waals surface area (Å²) in [5.74, 6) is 0.926. The average molecular weight is 831 g/mol. The van der Waals surface area contributed by atoms with Crippen LogP contribution in [0.25, 0.3) is 11.4 Å². The maximum atomic E-state index is 5.62. The molecule has 0 fully saturated rings. The molecule has 5 aromatic rings. The molecule has 50 heavy (non-hydrogen) atoms. The van der Waals surface area contributed by atoms with Crippen LogP contribution in [0.5, 0.6) is 0 Å². The van der Waals surface area contributed by atoms with E-state index in [-0.39, 0.29) is 13.0 Å². The van der Waals surface area contributed by atoms with Gasteiger partial charge in [-0.3, -0.25) is 0 Å². The Labute approximate surface area is 302 Å². The SMILES string of the molecule is Cc1cccc(C)c1B1N(C)c2ccc3[c-]c2-c2nc(cn21)[C@@H](c1[c-]cccc1)N1C=CN(C)[C]1=[Ir]=[C]1N(C)C=CN1C3(C)c1[c-]cccc1. The number of hydrogen-bond donors (Lipinski definition) is 0. The molecule has 0 spiro atoms. The molecule has 9 heteroatoms. The molecule has 0 radical (unpaired) electrons. The summed E-state index contributed by atoms with van der Waals surface area (Å²) in [5, 5.41) is 0. The molecule has 7 nitrogen and oxygen atoms in total. The van der Waals surface area contributed by atoms with Gasteiger partial charge in [-0.1, -0.05) is 0 Å². The summed E-state index contributed by atoms with van der Waals surface area (Å²) in [4.78, 5) is 17.5. The third-order valence-electron chi connectivity index (χ3n) is 10.5. The van der Waals surface area contributed by atoms with Gasteiger partial charge in [0.1, 0.15) is 0 Å². The summed E-state index contributed by atoms with van der Waals surface area (Å²) < 4.78 is 4.97. The van der Waals surface area contributed by atoms with E-state index < -0.39 is 22.3 Å². The molecule has 5 heterocycles. The second-order valence-electron chi connectivity index (χ2n) is 13.6. The van der Waals surface area contributed by atoms with Crippen molar-refractivity contribution in [1.29, 1.82) is 0 Å². The number of nitrogens with zero attached hydrogens (tertiary/aromatic N) is 7. The van der Waals surface area contributed by atoms with Gasteiger partial charge >= 0.3 is 304 Å². The monoisotopic (exact) mass is 831 g/mol. The van der Waals surface area contributed by atoms with E-state index >= 15 is 0 Å². The maximum absolute atomic E-state index is 5.62. The van der Waals surface area contributed by atoms with E-state index in [4.69, 9.17) is 4.98 Å². The molecule has 1 aromatic heterocycles. The number of anilines is 1. The molecular formula is C41H37BIrN7-3. The Morgan fingerprint density at radius 3 is 2.26 bits per heavy atom. The van der Waals surface area contributed by atoms with Crippen LogP contribution in [0.4, 0.5) is 5.69 Å². The van der Waals surface area contributed by atoms with Crippen molar-refractivity contribution in [3.05, 3.63) is 162 Å². The Balaban J connectivity index is 1.41. The number of benzene rings is 4. The molecule has 4 aromatic carbocycles. The Morgan fingerprint density at radius 2 is 1.52 bits per heavy atom. The van der Waals surface area contributed by atoms with Crippen LogP contribution in [0.3, 0.4) is 0 Å². The predicted octanol–water partition coefficient (Wildman–Crippen LogP) is 5.32. The first-order valence-corrected chi connectivity index (χ1v) is 19.3. The van der Waals surface area contributed by atoms with Crippen molar-refractivity contribution < 1.29 is 16.8 Å². The standard InChI is InChI=1S/C41H37BN7.Ir/c1-30-14-13-15-31(2)38(30)42-46(6)37-21-20-34(41(3,33-18-11-8-12-19-33)48-25-23-45(5)29-48)26-35(37)40-43-36(27-49(40)42)39(32-16-9-7-10-17-32)47-24-22-44(4)28-47;/h7-16,18,20-25,27,39H,1-6H3;/q-3;/t39-,41?;/m1./s1. The first-order valence-electron chi connectivity index (χ1n) is 16.9. The second kappa shape index (κ2) is 11.5. The van der Waals surface area contributed by atoms with Crippen molar-refractivity contribution in [1.82, 2.24) is 29.1 Å². The van der Waals surface area contributed by atoms with Gasteiger partial charge in [-0.2, -0.15) is 0 Å². The number of aromatic nitrogens is 2. The topological polar surface area (TPSA) is 34.0 Å². The minimum absolute atomic E-state index is 0.0786. The van der Waals surface area contributed by atoms with Gasteiger partial charge in [0, 0.05) is 0 Å². The fraction of sp³-hybridized carbons (Fsp3) is 0.195. The molecule has 9 rings (SSSR count). The van der Waals surface area contributed by atoms with E-state index in [1.165, 1.54) is 25.1 Å². The summed E-state index contributed by atoms with van der Waals surface area (Å²) in [7, 11) is 6.55. The van der Waals surface area contributed by atoms with Crippen molar-refractivity contribution in [2.45, 2.75) is 32.4 Å². The summed E-state index contributed by atoms with van der Waals surface area (Å²) >= 11 is -0.908. The summed E-state index contributed by atoms with van der Waals surface area (Å²) in [6.07, 6.45) is 11.1. The third-order valence-corrected chi connectivity index (χ3v) is 14.5. The first kappa shape index (κ1) is 31.0. The Bertz CT molecular complexity index is 2270. The van der Waals surface area contributed by atoms with Crippen LogP contribution in [0.15, 0.2) is 110 Å². The number of hydrogen-bond acceptors (Lipinski definition) is 6.